The van der Waals surface area contributed by atoms with Crippen molar-refractivity contribution in [2.75, 3.05) is 0 Å². The van der Waals surface area contributed by atoms with Crippen LogP contribution in [0.3, 0.4) is 0 Å². The van der Waals surface area contributed by atoms with Gasteiger partial charge in [0.15, 0.2) is 0 Å². The molecule has 6 heteroatoms. The van der Waals surface area contributed by atoms with Crippen molar-refractivity contribution in [2.45, 2.75) is 124 Å². The maximum atomic E-state index is 11.3. The molecule has 0 fully saturated rings. The Morgan fingerprint density at radius 3 is 1.31 bits per heavy atom. The fourth-order valence-electron chi connectivity index (χ4n) is 4.25. The molecular weight excluding hydrogens is 366 g/mol. The zero-order valence-electron chi connectivity index (χ0n) is 19.8. The smallest absolute Gasteiger partial charge is 0.217 e. The molecule has 0 aromatic heterocycles. The van der Waals surface area contributed by atoms with E-state index < -0.39 is 0 Å². The Morgan fingerprint density at radius 1 is 0.655 bits per heavy atom. The first kappa shape index (κ1) is 27.4. The lowest BCUT2D eigenvalue weighted by molar-refractivity contribution is -0.120. The van der Waals surface area contributed by atoms with Gasteiger partial charge in [0.05, 0.1) is 0 Å². The van der Waals surface area contributed by atoms with Crippen LogP contribution in [0.1, 0.15) is 106 Å². The van der Waals surface area contributed by atoms with Crippen molar-refractivity contribution >= 4 is 17.7 Å². The summed E-state index contributed by atoms with van der Waals surface area (Å²) in [5, 5.41) is 8.93. The topological polar surface area (TPSA) is 87.3 Å². The lowest BCUT2D eigenvalue weighted by atomic mass is 9.72. The highest BCUT2D eigenvalue weighted by atomic mass is 16.2. The van der Waals surface area contributed by atoms with Crippen LogP contribution in [0.25, 0.3) is 0 Å². The fourth-order valence-corrected chi connectivity index (χ4v) is 4.25. The Hall–Kier alpha value is -1.59. The molecule has 0 bridgehead atoms. The van der Waals surface area contributed by atoms with Gasteiger partial charge in [0.1, 0.15) is 0 Å². The van der Waals surface area contributed by atoms with E-state index in [1.165, 1.54) is 0 Å². The summed E-state index contributed by atoms with van der Waals surface area (Å²) < 4.78 is 0. The number of carbonyl (C=O) groups excluding carboxylic acids is 3. The Labute approximate surface area is 178 Å². The molecule has 0 aliphatic rings. The van der Waals surface area contributed by atoms with Crippen LogP contribution >= 0.6 is 0 Å². The van der Waals surface area contributed by atoms with Crippen molar-refractivity contribution in [3.8, 4) is 0 Å². The number of hydrogen-bond donors (Lipinski definition) is 3. The van der Waals surface area contributed by atoms with Crippen LogP contribution in [-0.2, 0) is 14.4 Å². The molecule has 29 heavy (non-hydrogen) atoms. The van der Waals surface area contributed by atoms with Crippen molar-refractivity contribution in [1.29, 1.82) is 0 Å². The standard InChI is InChI=1S/C23H45N3O3/c1-8-23(16-13-19(4)26-22(7)29,14-9-11-17(2)24-20(5)27)15-10-12-18(3)25-21(6)28/h17-19H,8-16H2,1-7H3,(H,24,27)(H,25,28)(H,26,29). The maximum absolute atomic E-state index is 11.3. The molecule has 3 unspecified atom stereocenters. The highest BCUT2D eigenvalue weighted by molar-refractivity contribution is 5.73. The van der Waals surface area contributed by atoms with E-state index in [0.717, 1.165) is 57.8 Å². The molecule has 0 spiro atoms. The van der Waals surface area contributed by atoms with Crippen molar-refractivity contribution in [3.63, 3.8) is 0 Å². The third-order valence-corrected chi connectivity index (χ3v) is 5.90. The molecule has 3 amide bonds. The predicted octanol–water partition coefficient (Wildman–Crippen LogP) is 4.08. The molecule has 0 aliphatic heterocycles. The molecule has 0 radical (unpaired) electrons. The van der Waals surface area contributed by atoms with Gasteiger partial charge >= 0.3 is 0 Å². The summed E-state index contributed by atoms with van der Waals surface area (Å²) in [5.74, 6) is 0.0681. The number of nitrogens with one attached hydrogen (secondary N) is 3. The van der Waals surface area contributed by atoms with E-state index in [9.17, 15) is 14.4 Å². The Morgan fingerprint density at radius 2 is 1.00 bits per heavy atom. The highest BCUT2D eigenvalue weighted by Crippen LogP contribution is 2.40. The zero-order chi connectivity index (χ0) is 22.4. The lowest BCUT2D eigenvalue weighted by Crippen LogP contribution is -2.33. The van der Waals surface area contributed by atoms with Crippen molar-refractivity contribution in [1.82, 2.24) is 16.0 Å². The van der Waals surface area contributed by atoms with Crippen LogP contribution in [0.2, 0.25) is 0 Å². The molecule has 0 rings (SSSR count). The zero-order valence-corrected chi connectivity index (χ0v) is 19.8. The first-order valence-electron chi connectivity index (χ1n) is 11.3. The van der Waals surface area contributed by atoms with E-state index >= 15 is 0 Å². The first-order valence-corrected chi connectivity index (χ1v) is 11.3. The first-order chi connectivity index (χ1) is 13.5. The second kappa shape index (κ2) is 14.4. The fraction of sp³-hybridized carbons (Fsp3) is 0.870. The molecule has 0 saturated heterocycles. The number of rotatable bonds is 15. The van der Waals surface area contributed by atoms with Crippen LogP contribution in [0.15, 0.2) is 0 Å². The normalized spacial score (nSPS) is 16.2. The quantitative estimate of drug-likeness (QED) is 0.379. The van der Waals surface area contributed by atoms with Crippen molar-refractivity contribution < 1.29 is 14.4 Å². The van der Waals surface area contributed by atoms with E-state index in [1.807, 2.05) is 0 Å². The average Bonchev–Trinajstić information content (AvgIpc) is 2.57. The second-order valence-corrected chi connectivity index (χ2v) is 8.98. The molecule has 3 N–H and O–H groups in total. The summed E-state index contributed by atoms with van der Waals surface area (Å²) in [6, 6.07) is 0.565. The molecule has 0 aromatic rings. The lowest BCUT2D eigenvalue weighted by Gasteiger charge is -2.35. The molecule has 3 atom stereocenters. The van der Waals surface area contributed by atoms with Gasteiger partial charge in [0.2, 0.25) is 17.7 Å². The Kier molecular flexibility index (Phi) is 13.6. The minimum atomic E-state index is 0.0212. The van der Waals surface area contributed by atoms with E-state index in [0.29, 0.717) is 0 Å². The van der Waals surface area contributed by atoms with Crippen LogP contribution in [0, 0.1) is 5.41 Å². The number of amides is 3. The molecule has 0 saturated carbocycles. The van der Waals surface area contributed by atoms with Gasteiger partial charge in [-0.05, 0) is 64.7 Å². The van der Waals surface area contributed by atoms with Gasteiger partial charge in [0, 0.05) is 38.9 Å². The highest BCUT2D eigenvalue weighted by Gasteiger charge is 2.28. The van der Waals surface area contributed by atoms with Gasteiger partial charge in [-0.25, -0.2) is 0 Å². The third-order valence-electron chi connectivity index (χ3n) is 5.90. The van der Waals surface area contributed by atoms with Crippen LogP contribution in [0.5, 0.6) is 0 Å². The molecule has 0 aliphatic carbocycles. The summed E-state index contributed by atoms with van der Waals surface area (Å²) in [4.78, 5) is 33.8. The van der Waals surface area contributed by atoms with Gasteiger partial charge in [-0.1, -0.05) is 26.2 Å². The Balaban J connectivity index is 4.84. The molecule has 170 valence electrons. The molecule has 6 nitrogen and oxygen atoms in total. The van der Waals surface area contributed by atoms with Crippen molar-refractivity contribution in [2.24, 2.45) is 5.41 Å². The predicted molar refractivity (Wildman–Crippen MR) is 119 cm³/mol. The Bertz CT molecular complexity index is 480. The van der Waals surface area contributed by atoms with Gasteiger partial charge in [-0.3, -0.25) is 14.4 Å². The summed E-state index contributed by atoms with van der Waals surface area (Å²) >= 11 is 0. The monoisotopic (exact) mass is 411 g/mol. The minimum absolute atomic E-state index is 0.0212. The van der Waals surface area contributed by atoms with Crippen LogP contribution < -0.4 is 16.0 Å². The number of carbonyl (C=O) groups is 3. The SMILES string of the molecule is CCC(CCCC(C)NC(C)=O)(CCCC(C)NC(C)=O)CCC(C)NC(C)=O. The van der Waals surface area contributed by atoms with E-state index in [1.54, 1.807) is 20.8 Å². The van der Waals surface area contributed by atoms with Gasteiger partial charge in [-0.15, -0.1) is 0 Å². The summed E-state index contributed by atoms with van der Waals surface area (Å²) in [6.45, 7) is 13.1. The van der Waals surface area contributed by atoms with Gasteiger partial charge < -0.3 is 16.0 Å². The van der Waals surface area contributed by atoms with E-state index in [2.05, 4.69) is 43.6 Å². The number of hydrogen-bond acceptors (Lipinski definition) is 3. The van der Waals surface area contributed by atoms with Crippen molar-refractivity contribution in [3.05, 3.63) is 0 Å². The molecular formula is C23H45N3O3. The second-order valence-electron chi connectivity index (χ2n) is 8.98. The maximum Gasteiger partial charge on any atom is 0.217 e. The van der Waals surface area contributed by atoms with Gasteiger partial charge in [0.25, 0.3) is 0 Å². The largest absolute Gasteiger partial charge is 0.354 e. The van der Waals surface area contributed by atoms with Crippen LogP contribution in [0.4, 0.5) is 0 Å². The minimum Gasteiger partial charge on any atom is -0.354 e. The average molecular weight is 412 g/mol. The van der Waals surface area contributed by atoms with Crippen LogP contribution in [-0.4, -0.2) is 35.8 Å². The molecule has 0 aromatic carbocycles. The summed E-state index contributed by atoms with van der Waals surface area (Å²) in [6.07, 6.45) is 9.49. The summed E-state index contributed by atoms with van der Waals surface area (Å²) in [7, 11) is 0. The van der Waals surface area contributed by atoms with E-state index in [-0.39, 0.29) is 41.3 Å². The molecule has 0 heterocycles. The third kappa shape index (κ3) is 14.1. The summed E-state index contributed by atoms with van der Waals surface area (Å²) in [5.41, 5.74) is 0.235. The van der Waals surface area contributed by atoms with Gasteiger partial charge in [-0.2, -0.15) is 0 Å². The van der Waals surface area contributed by atoms with E-state index in [4.69, 9.17) is 0 Å².